The molecule has 1 aromatic rings. The third-order valence-corrected chi connectivity index (χ3v) is 5.03. The molecule has 4 nitrogen and oxygen atoms in total. The Morgan fingerprint density at radius 1 is 1.35 bits per heavy atom. The molecule has 128 valence electrons. The number of ether oxygens (including phenoxy) is 1. The van der Waals surface area contributed by atoms with Crippen molar-refractivity contribution in [2.75, 3.05) is 6.54 Å². The summed E-state index contributed by atoms with van der Waals surface area (Å²) in [6.07, 6.45) is 6.19. The van der Waals surface area contributed by atoms with E-state index in [0.29, 0.717) is 23.9 Å². The summed E-state index contributed by atoms with van der Waals surface area (Å²) in [6, 6.07) is 5.53. The van der Waals surface area contributed by atoms with E-state index in [1.807, 2.05) is 12.1 Å². The SMILES string of the molecule is Cl.NCC(NC(=O)C1Cc2cc(Cl)ccc2O1)C1CCCCC1. The monoisotopic (exact) mass is 358 g/mol. The van der Waals surface area contributed by atoms with Crippen molar-refractivity contribution in [3.63, 3.8) is 0 Å². The van der Waals surface area contributed by atoms with E-state index in [2.05, 4.69) is 5.32 Å². The summed E-state index contributed by atoms with van der Waals surface area (Å²) in [6.45, 7) is 0.488. The molecule has 0 radical (unpaired) electrons. The Bertz CT molecular complexity index is 547. The van der Waals surface area contributed by atoms with Crippen molar-refractivity contribution in [3.8, 4) is 5.75 Å². The van der Waals surface area contributed by atoms with E-state index in [4.69, 9.17) is 22.1 Å². The zero-order valence-corrected chi connectivity index (χ0v) is 14.7. The lowest BCUT2D eigenvalue weighted by atomic mass is 9.84. The lowest BCUT2D eigenvalue weighted by molar-refractivity contribution is -0.128. The number of benzene rings is 1. The number of amides is 1. The third kappa shape index (κ3) is 4.31. The summed E-state index contributed by atoms with van der Waals surface area (Å²) in [7, 11) is 0. The molecular weight excluding hydrogens is 335 g/mol. The quantitative estimate of drug-likeness (QED) is 0.868. The second-order valence-corrected chi connectivity index (χ2v) is 6.75. The lowest BCUT2D eigenvalue weighted by Gasteiger charge is -2.30. The molecule has 1 heterocycles. The van der Waals surface area contributed by atoms with E-state index < -0.39 is 6.10 Å². The van der Waals surface area contributed by atoms with E-state index in [0.717, 1.165) is 24.2 Å². The van der Waals surface area contributed by atoms with Gasteiger partial charge >= 0.3 is 0 Å². The Hall–Kier alpha value is -0.970. The Balaban J connectivity index is 0.00000192. The van der Waals surface area contributed by atoms with E-state index in [1.165, 1.54) is 19.3 Å². The van der Waals surface area contributed by atoms with Crippen molar-refractivity contribution in [2.45, 2.75) is 50.7 Å². The molecule has 1 saturated carbocycles. The van der Waals surface area contributed by atoms with Gasteiger partial charge in [0.05, 0.1) is 0 Å². The number of fused-ring (bicyclic) bond motifs is 1. The molecule has 23 heavy (non-hydrogen) atoms. The van der Waals surface area contributed by atoms with Crippen LogP contribution in [0.15, 0.2) is 18.2 Å². The van der Waals surface area contributed by atoms with E-state index in [-0.39, 0.29) is 24.4 Å². The number of hydrogen-bond donors (Lipinski definition) is 2. The van der Waals surface area contributed by atoms with Crippen LogP contribution in [0.1, 0.15) is 37.7 Å². The van der Waals surface area contributed by atoms with Crippen molar-refractivity contribution in [3.05, 3.63) is 28.8 Å². The van der Waals surface area contributed by atoms with Gasteiger partial charge in [0.1, 0.15) is 5.75 Å². The first kappa shape index (κ1) is 18.4. The fourth-order valence-corrected chi connectivity index (χ4v) is 3.74. The highest BCUT2D eigenvalue weighted by molar-refractivity contribution is 6.30. The third-order valence-electron chi connectivity index (χ3n) is 4.79. The van der Waals surface area contributed by atoms with Gasteiger partial charge in [-0.3, -0.25) is 4.79 Å². The minimum absolute atomic E-state index is 0. The molecule has 2 unspecified atom stereocenters. The minimum Gasteiger partial charge on any atom is -0.480 e. The smallest absolute Gasteiger partial charge is 0.261 e. The molecule has 0 aromatic heterocycles. The zero-order chi connectivity index (χ0) is 15.5. The molecule has 0 saturated heterocycles. The molecule has 3 rings (SSSR count). The van der Waals surface area contributed by atoms with Crippen molar-refractivity contribution in [1.82, 2.24) is 5.32 Å². The first-order chi connectivity index (χ1) is 10.7. The van der Waals surface area contributed by atoms with E-state index >= 15 is 0 Å². The van der Waals surface area contributed by atoms with E-state index in [9.17, 15) is 4.79 Å². The van der Waals surface area contributed by atoms with Gasteiger partial charge in [0.2, 0.25) is 0 Å². The number of rotatable bonds is 4. The van der Waals surface area contributed by atoms with Crippen molar-refractivity contribution in [2.24, 2.45) is 11.7 Å². The Morgan fingerprint density at radius 2 is 2.09 bits per heavy atom. The van der Waals surface area contributed by atoms with Crippen LogP contribution in [-0.2, 0) is 11.2 Å². The zero-order valence-electron chi connectivity index (χ0n) is 13.1. The van der Waals surface area contributed by atoms with Gasteiger partial charge in [0.15, 0.2) is 6.10 Å². The molecule has 0 bridgehead atoms. The number of carbonyl (C=O) groups is 1. The molecule has 3 N–H and O–H groups in total. The highest BCUT2D eigenvalue weighted by atomic mass is 35.5. The van der Waals surface area contributed by atoms with Crippen LogP contribution in [-0.4, -0.2) is 24.6 Å². The van der Waals surface area contributed by atoms with Gasteiger partial charge in [-0.25, -0.2) is 0 Å². The number of nitrogens with two attached hydrogens (primary N) is 1. The molecule has 1 fully saturated rings. The van der Waals surface area contributed by atoms with Crippen LogP contribution in [0, 0.1) is 5.92 Å². The summed E-state index contributed by atoms with van der Waals surface area (Å²) >= 11 is 5.99. The van der Waals surface area contributed by atoms with Gasteiger partial charge < -0.3 is 15.8 Å². The molecule has 2 aliphatic rings. The van der Waals surface area contributed by atoms with Gasteiger partial charge in [-0.15, -0.1) is 12.4 Å². The predicted molar refractivity (Wildman–Crippen MR) is 94.4 cm³/mol. The first-order valence-corrected chi connectivity index (χ1v) is 8.50. The maximum Gasteiger partial charge on any atom is 0.261 e. The highest BCUT2D eigenvalue weighted by Gasteiger charge is 2.32. The lowest BCUT2D eigenvalue weighted by Crippen LogP contribution is -2.50. The highest BCUT2D eigenvalue weighted by Crippen LogP contribution is 2.31. The van der Waals surface area contributed by atoms with Crippen LogP contribution in [0.2, 0.25) is 5.02 Å². The van der Waals surface area contributed by atoms with Crippen LogP contribution in [0.3, 0.4) is 0 Å². The molecule has 1 aliphatic carbocycles. The average molecular weight is 359 g/mol. The summed E-state index contributed by atoms with van der Waals surface area (Å²) in [5.41, 5.74) is 6.88. The number of carbonyl (C=O) groups excluding carboxylic acids is 1. The molecule has 1 aromatic carbocycles. The standard InChI is InChI=1S/C17H23ClN2O2.ClH/c18-13-6-7-15-12(8-13)9-16(22-15)17(21)20-14(10-19)11-4-2-1-3-5-11;/h6-8,11,14,16H,1-5,9-10,19H2,(H,20,21);1H. The number of halogens is 2. The van der Waals surface area contributed by atoms with Crippen LogP contribution in [0.5, 0.6) is 5.75 Å². The second-order valence-electron chi connectivity index (χ2n) is 6.31. The van der Waals surface area contributed by atoms with E-state index in [1.54, 1.807) is 6.07 Å². The minimum atomic E-state index is -0.467. The normalized spacial score (nSPS) is 21.7. The van der Waals surface area contributed by atoms with Crippen molar-refractivity contribution >= 4 is 29.9 Å². The van der Waals surface area contributed by atoms with Gasteiger partial charge in [0, 0.05) is 24.0 Å². The summed E-state index contributed by atoms with van der Waals surface area (Å²) in [4.78, 5) is 12.5. The number of hydrogen-bond acceptors (Lipinski definition) is 3. The van der Waals surface area contributed by atoms with Gasteiger partial charge in [-0.05, 0) is 42.5 Å². The second kappa shape index (κ2) is 8.22. The number of nitrogens with one attached hydrogen (secondary N) is 1. The first-order valence-electron chi connectivity index (χ1n) is 8.13. The van der Waals surface area contributed by atoms with Gasteiger partial charge in [-0.1, -0.05) is 30.9 Å². The molecular formula is C17H24Cl2N2O2. The Morgan fingerprint density at radius 3 is 2.78 bits per heavy atom. The molecule has 1 aliphatic heterocycles. The summed E-state index contributed by atoms with van der Waals surface area (Å²) in [5.74, 6) is 1.20. The molecule has 1 amide bonds. The van der Waals surface area contributed by atoms with Crippen LogP contribution >= 0.6 is 24.0 Å². The maximum atomic E-state index is 12.5. The summed E-state index contributed by atoms with van der Waals surface area (Å²) in [5, 5.41) is 3.78. The Kier molecular flexibility index (Phi) is 6.57. The van der Waals surface area contributed by atoms with Crippen molar-refractivity contribution < 1.29 is 9.53 Å². The largest absolute Gasteiger partial charge is 0.480 e. The fourth-order valence-electron chi connectivity index (χ4n) is 3.54. The molecule has 6 heteroatoms. The topological polar surface area (TPSA) is 64.3 Å². The molecule has 2 atom stereocenters. The van der Waals surface area contributed by atoms with Crippen LogP contribution in [0.25, 0.3) is 0 Å². The molecule has 0 spiro atoms. The van der Waals surface area contributed by atoms with Crippen molar-refractivity contribution in [1.29, 1.82) is 0 Å². The average Bonchev–Trinajstić information content (AvgIpc) is 2.96. The fraction of sp³-hybridized carbons (Fsp3) is 0.588. The van der Waals surface area contributed by atoms with Gasteiger partial charge in [0.25, 0.3) is 5.91 Å². The summed E-state index contributed by atoms with van der Waals surface area (Å²) < 4.78 is 5.74. The predicted octanol–water partition coefficient (Wildman–Crippen LogP) is 3.09. The van der Waals surface area contributed by atoms with Crippen LogP contribution < -0.4 is 15.8 Å². The van der Waals surface area contributed by atoms with Gasteiger partial charge in [-0.2, -0.15) is 0 Å². The maximum absolute atomic E-state index is 12.5. The van der Waals surface area contributed by atoms with Crippen LogP contribution in [0.4, 0.5) is 0 Å². The Labute approximate surface area is 148 Å².